The lowest BCUT2D eigenvalue weighted by Gasteiger charge is -2.35. The van der Waals surface area contributed by atoms with E-state index in [-0.39, 0.29) is 17.3 Å². The molecule has 3 aromatic rings. The summed E-state index contributed by atoms with van der Waals surface area (Å²) in [7, 11) is -2.60. The van der Waals surface area contributed by atoms with E-state index in [2.05, 4.69) is 4.98 Å². The topological polar surface area (TPSA) is 104 Å². The van der Waals surface area contributed by atoms with Gasteiger partial charge in [0.15, 0.2) is 5.82 Å². The van der Waals surface area contributed by atoms with Gasteiger partial charge in [-0.3, -0.25) is 0 Å². The van der Waals surface area contributed by atoms with Crippen LogP contribution in [-0.4, -0.2) is 30.8 Å². The molecule has 30 heavy (non-hydrogen) atoms. The number of amides is 2. The van der Waals surface area contributed by atoms with E-state index in [1.54, 1.807) is 48.5 Å². The Kier molecular flexibility index (Phi) is 4.85. The smallest absolute Gasteiger partial charge is 0.344 e. The van der Waals surface area contributed by atoms with Crippen LogP contribution in [0, 0.1) is 11.3 Å². The molecule has 0 N–H and O–H groups in total. The van der Waals surface area contributed by atoms with E-state index in [0.717, 1.165) is 4.31 Å². The minimum absolute atomic E-state index is 0.0368. The van der Waals surface area contributed by atoms with Crippen molar-refractivity contribution in [3.05, 3.63) is 78.0 Å². The lowest BCUT2D eigenvalue weighted by molar-refractivity contribution is 0.229. The van der Waals surface area contributed by atoms with Gasteiger partial charge in [0.2, 0.25) is 0 Å². The zero-order chi connectivity index (χ0) is 21.3. The van der Waals surface area contributed by atoms with Gasteiger partial charge in [-0.05, 0) is 54.1 Å². The number of methoxy groups -OCH3 is 1. The van der Waals surface area contributed by atoms with E-state index in [9.17, 15) is 13.2 Å². The van der Waals surface area contributed by atoms with E-state index in [1.807, 2.05) is 6.07 Å². The fourth-order valence-corrected chi connectivity index (χ4v) is 4.67. The first kappa shape index (κ1) is 19.4. The third kappa shape index (κ3) is 3.23. The second-order valence-electron chi connectivity index (χ2n) is 6.47. The number of carbonyl (C=O) groups excluding carboxylic acids is 1. The Morgan fingerprint density at radius 2 is 1.87 bits per heavy atom. The maximum absolute atomic E-state index is 13.4. The number of nitrogens with zero attached hydrogens (tertiary/aromatic N) is 4. The predicted molar refractivity (Wildman–Crippen MR) is 109 cm³/mol. The second-order valence-corrected chi connectivity index (χ2v) is 8.30. The van der Waals surface area contributed by atoms with Crippen LogP contribution in [0.4, 0.5) is 16.3 Å². The molecule has 0 bridgehead atoms. The molecule has 0 aliphatic carbocycles. The van der Waals surface area contributed by atoms with Crippen molar-refractivity contribution in [2.75, 3.05) is 12.0 Å². The van der Waals surface area contributed by atoms with E-state index >= 15 is 0 Å². The summed E-state index contributed by atoms with van der Waals surface area (Å²) >= 11 is 0. The molecule has 0 saturated carbocycles. The van der Waals surface area contributed by atoms with Crippen molar-refractivity contribution in [2.24, 2.45) is 0 Å². The molecule has 2 aromatic carbocycles. The highest BCUT2D eigenvalue weighted by Crippen LogP contribution is 2.38. The Bertz CT molecular complexity index is 1270. The van der Waals surface area contributed by atoms with Gasteiger partial charge >= 0.3 is 6.03 Å². The van der Waals surface area contributed by atoms with Crippen molar-refractivity contribution in [1.29, 1.82) is 5.26 Å². The van der Waals surface area contributed by atoms with E-state index in [1.165, 1.54) is 30.3 Å². The summed E-state index contributed by atoms with van der Waals surface area (Å²) in [4.78, 5) is 18.7. The number of sulfonamides is 1. The van der Waals surface area contributed by atoms with Crippen LogP contribution in [0.15, 0.2) is 71.8 Å². The predicted octanol–water partition coefficient (Wildman–Crippen LogP) is 3.42. The molecule has 0 spiro atoms. The first-order valence-electron chi connectivity index (χ1n) is 8.90. The van der Waals surface area contributed by atoms with Gasteiger partial charge in [0.05, 0.1) is 31.0 Å². The molecule has 9 heteroatoms. The number of fused-ring (bicyclic) bond motifs is 1. The molecule has 0 atom stereocenters. The minimum Gasteiger partial charge on any atom is -0.497 e. The molecular weight excluding hydrogens is 404 g/mol. The van der Waals surface area contributed by atoms with Crippen LogP contribution in [0.5, 0.6) is 5.75 Å². The van der Waals surface area contributed by atoms with Gasteiger partial charge in [0.25, 0.3) is 10.0 Å². The van der Waals surface area contributed by atoms with Crippen LogP contribution >= 0.6 is 0 Å². The summed E-state index contributed by atoms with van der Waals surface area (Å²) < 4.78 is 32.4. The van der Waals surface area contributed by atoms with Crippen molar-refractivity contribution in [1.82, 2.24) is 9.29 Å². The number of anilines is 2. The Labute approximate surface area is 173 Å². The number of urea groups is 1. The third-order valence-electron chi connectivity index (χ3n) is 4.65. The highest BCUT2D eigenvalue weighted by Gasteiger charge is 2.43. The Morgan fingerprint density at radius 3 is 2.57 bits per heavy atom. The molecule has 8 nitrogen and oxygen atoms in total. The monoisotopic (exact) mass is 420 g/mol. The van der Waals surface area contributed by atoms with Gasteiger partial charge in [-0.2, -0.15) is 5.26 Å². The van der Waals surface area contributed by atoms with Crippen molar-refractivity contribution in [3.63, 3.8) is 0 Å². The average molecular weight is 420 g/mol. The molecule has 2 heterocycles. The molecule has 1 aromatic heterocycles. The normalized spacial score (nSPS) is 14.7. The fraction of sp³-hybridized carbons (Fsp3) is 0.0952. The fourth-order valence-electron chi connectivity index (χ4n) is 3.20. The molecule has 0 fully saturated rings. The molecular formula is C21H16N4O4S. The molecule has 1 aliphatic rings. The van der Waals surface area contributed by atoms with E-state index in [0.29, 0.717) is 22.6 Å². The van der Waals surface area contributed by atoms with Crippen LogP contribution in [0.3, 0.4) is 0 Å². The van der Waals surface area contributed by atoms with Gasteiger partial charge in [-0.15, -0.1) is 0 Å². The number of carbonyl (C=O) groups is 1. The van der Waals surface area contributed by atoms with Crippen molar-refractivity contribution >= 4 is 27.6 Å². The maximum Gasteiger partial charge on any atom is 0.344 e. The lowest BCUT2D eigenvalue weighted by Crippen LogP contribution is -2.48. The Balaban J connectivity index is 1.83. The number of nitriles is 1. The zero-order valence-corrected chi connectivity index (χ0v) is 16.7. The van der Waals surface area contributed by atoms with Crippen LogP contribution in [0.25, 0.3) is 0 Å². The minimum atomic E-state index is -4.13. The number of pyridine rings is 1. The highest BCUT2D eigenvalue weighted by molar-refractivity contribution is 7.90. The second kappa shape index (κ2) is 7.50. The molecule has 0 unspecified atom stereocenters. The maximum atomic E-state index is 13.4. The molecule has 0 saturated heterocycles. The summed E-state index contributed by atoms with van der Waals surface area (Å²) in [5.41, 5.74) is 1.35. The van der Waals surface area contributed by atoms with Gasteiger partial charge in [0, 0.05) is 6.20 Å². The number of aromatic nitrogens is 1. The largest absolute Gasteiger partial charge is 0.497 e. The average Bonchev–Trinajstić information content (AvgIpc) is 2.77. The summed E-state index contributed by atoms with van der Waals surface area (Å²) in [6.07, 6.45) is 1.43. The zero-order valence-electron chi connectivity index (χ0n) is 15.9. The molecule has 4 rings (SSSR count). The number of rotatable bonds is 4. The first-order chi connectivity index (χ1) is 14.5. The van der Waals surface area contributed by atoms with E-state index < -0.39 is 16.1 Å². The van der Waals surface area contributed by atoms with Crippen LogP contribution in [0.1, 0.15) is 11.1 Å². The van der Waals surface area contributed by atoms with Crippen molar-refractivity contribution < 1.29 is 17.9 Å². The van der Waals surface area contributed by atoms with Crippen LogP contribution in [-0.2, 0) is 16.6 Å². The van der Waals surface area contributed by atoms with Crippen LogP contribution in [0.2, 0.25) is 0 Å². The summed E-state index contributed by atoms with van der Waals surface area (Å²) in [6.45, 7) is -0.211. The summed E-state index contributed by atoms with van der Waals surface area (Å²) in [6, 6.07) is 17.3. The highest BCUT2D eigenvalue weighted by atomic mass is 32.2. The molecule has 150 valence electrons. The lowest BCUT2D eigenvalue weighted by atomic mass is 10.1. The van der Waals surface area contributed by atoms with E-state index in [4.69, 9.17) is 10.00 Å². The number of benzene rings is 2. The van der Waals surface area contributed by atoms with Crippen molar-refractivity contribution in [3.8, 4) is 11.8 Å². The van der Waals surface area contributed by atoms with Gasteiger partial charge in [-0.25, -0.2) is 27.4 Å². The third-order valence-corrected chi connectivity index (χ3v) is 6.39. The van der Waals surface area contributed by atoms with Gasteiger partial charge in [0.1, 0.15) is 10.6 Å². The molecule has 1 aliphatic heterocycles. The first-order valence-corrected chi connectivity index (χ1v) is 10.3. The van der Waals surface area contributed by atoms with Crippen LogP contribution < -0.4 is 9.64 Å². The number of hydrogen-bond donors (Lipinski definition) is 0. The van der Waals surface area contributed by atoms with Crippen molar-refractivity contribution in [2.45, 2.75) is 11.4 Å². The Morgan fingerprint density at radius 1 is 1.10 bits per heavy atom. The number of ether oxygens (including phenoxy) is 1. The quantitative estimate of drug-likeness (QED) is 0.641. The number of hydrogen-bond acceptors (Lipinski definition) is 6. The van der Waals surface area contributed by atoms with Gasteiger partial charge in [-0.1, -0.05) is 12.1 Å². The Hall–Kier alpha value is -3.90. The SMILES string of the molecule is COc1ccc(N2C(=O)N(Cc3cccc(C#N)c3)S(=O)(=O)c3cccnc32)cc1. The molecule has 2 amide bonds. The standard InChI is InChI=1S/C21H16N4O4S/c1-29-18-9-7-17(8-10-18)25-20-19(6-3-11-23-20)30(27,28)24(21(25)26)14-16-5-2-4-15(12-16)13-22/h2-12H,14H2,1H3. The molecule has 0 radical (unpaired) electrons. The summed E-state index contributed by atoms with van der Waals surface area (Å²) in [5.74, 6) is 0.636. The van der Waals surface area contributed by atoms with Gasteiger partial charge < -0.3 is 4.74 Å². The summed E-state index contributed by atoms with van der Waals surface area (Å²) in [5, 5.41) is 9.11.